The van der Waals surface area contributed by atoms with Crippen molar-refractivity contribution in [3.8, 4) is 17.1 Å². The zero-order chi connectivity index (χ0) is 14.1. The number of methoxy groups -OCH3 is 1. The second-order valence-corrected chi connectivity index (χ2v) is 5.27. The average molecular weight is 290 g/mol. The van der Waals surface area contributed by atoms with Crippen LogP contribution in [0.2, 0.25) is 5.02 Å². The van der Waals surface area contributed by atoms with Crippen molar-refractivity contribution >= 4 is 11.6 Å². The van der Waals surface area contributed by atoms with Crippen molar-refractivity contribution in [1.82, 2.24) is 15.3 Å². The van der Waals surface area contributed by atoms with Crippen LogP contribution in [0, 0.1) is 6.92 Å². The highest BCUT2D eigenvalue weighted by molar-refractivity contribution is 6.30. The third-order valence-corrected chi connectivity index (χ3v) is 3.78. The van der Waals surface area contributed by atoms with E-state index in [0.29, 0.717) is 16.6 Å². The van der Waals surface area contributed by atoms with Gasteiger partial charge in [-0.3, -0.25) is 0 Å². The Balaban J connectivity index is 2.13. The summed E-state index contributed by atoms with van der Waals surface area (Å²) in [4.78, 5) is 9.32. The molecule has 0 saturated heterocycles. The van der Waals surface area contributed by atoms with Gasteiger partial charge < -0.3 is 10.1 Å². The minimum atomic E-state index is 0.641. The van der Waals surface area contributed by atoms with Crippen LogP contribution in [0.4, 0.5) is 0 Å². The number of halogens is 1. The minimum Gasteiger partial charge on any atom is -0.496 e. The van der Waals surface area contributed by atoms with Gasteiger partial charge in [-0.2, -0.15) is 0 Å². The Hall–Kier alpha value is -1.65. The van der Waals surface area contributed by atoms with Crippen molar-refractivity contribution in [3.63, 3.8) is 0 Å². The van der Waals surface area contributed by atoms with E-state index in [1.54, 1.807) is 13.2 Å². The SMILES string of the molecule is COc1cc(Cl)ccc1-c1nc(C)c2c(n1)CNCC2. The topological polar surface area (TPSA) is 47.0 Å². The van der Waals surface area contributed by atoms with Crippen LogP contribution in [0.15, 0.2) is 18.2 Å². The normalized spacial score (nSPS) is 13.9. The van der Waals surface area contributed by atoms with Gasteiger partial charge in [-0.25, -0.2) is 9.97 Å². The van der Waals surface area contributed by atoms with E-state index in [1.807, 2.05) is 19.1 Å². The van der Waals surface area contributed by atoms with Gasteiger partial charge in [0.2, 0.25) is 0 Å². The maximum Gasteiger partial charge on any atom is 0.163 e. The number of nitrogens with one attached hydrogen (secondary N) is 1. The highest BCUT2D eigenvalue weighted by atomic mass is 35.5. The first-order valence-electron chi connectivity index (χ1n) is 6.60. The lowest BCUT2D eigenvalue weighted by Crippen LogP contribution is -2.26. The summed E-state index contributed by atoms with van der Waals surface area (Å²) < 4.78 is 5.38. The van der Waals surface area contributed by atoms with Gasteiger partial charge >= 0.3 is 0 Å². The van der Waals surface area contributed by atoms with Crippen LogP contribution in [0.25, 0.3) is 11.4 Å². The summed E-state index contributed by atoms with van der Waals surface area (Å²) in [5.41, 5.74) is 4.26. The molecule has 0 unspecified atom stereocenters. The average Bonchev–Trinajstić information content (AvgIpc) is 2.47. The van der Waals surface area contributed by atoms with Gasteiger partial charge in [0, 0.05) is 17.3 Å². The van der Waals surface area contributed by atoms with E-state index in [2.05, 4.69) is 15.3 Å². The van der Waals surface area contributed by atoms with Crippen LogP contribution in [-0.2, 0) is 13.0 Å². The molecule has 0 spiro atoms. The summed E-state index contributed by atoms with van der Waals surface area (Å²) in [7, 11) is 1.63. The van der Waals surface area contributed by atoms with Gasteiger partial charge in [-0.15, -0.1) is 0 Å². The number of hydrogen-bond acceptors (Lipinski definition) is 4. The lowest BCUT2D eigenvalue weighted by atomic mass is 10.0. The number of nitrogens with zero attached hydrogens (tertiary/aromatic N) is 2. The number of ether oxygens (including phenoxy) is 1. The molecule has 5 heteroatoms. The standard InChI is InChI=1S/C15H16ClN3O/c1-9-11-5-6-17-8-13(11)19-15(18-9)12-4-3-10(16)7-14(12)20-2/h3-4,7,17H,5-6,8H2,1-2H3. The number of aromatic nitrogens is 2. The van der Waals surface area contributed by atoms with Crippen LogP contribution in [0.1, 0.15) is 17.0 Å². The largest absolute Gasteiger partial charge is 0.496 e. The van der Waals surface area contributed by atoms with E-state index < -0.39 is 0 Å². The van der Waals surface area contributed by atoms with Gasteiger partial charge in [-0.05, 0) is 43.7 Å². The van der Waals surface area contributed by atoms with E-state index in [9.17, 15) is 0 Å². The summed E-state index contributed by atoms with van der Waals surface area (Å²) in [6.07, 6.45) is 0.985. The van der Waals surface area contributed by atoms with Crippen LogP contribution in [-0.4, -0.2) is 23.6 Å². The molecule has 20 heavy (non-hydrogen) atoms. The fraction of sp³-hybridized carbons (Fsp3) is 0.333. The Bertz CT molecular complexity index is 658. The Labute approximate surface area is 123 Å². The first kappa shape index (κ1) is 13.3. The molecule has 4 nitrogen and oxygen atoms in total. The van der Waals surface area contributed by atoms with Crippen LogP contribution in [0.3, 0.4) is 0 Å². The smallest absolute Gasteiger partial charge is 0.163 e. The zero-order valence-corrected chi connectivity index (χ0v) is 12.3. The second kappa shape index (κ2) is 5.38. The van der Waals surface area contributed by atoms with Crippen LogP contribution < -0.4 is 10.1 Å². The lowest BCUT2D eigenvalue weighted by Gasteiger charge is -2.19. The number of benzene rings is 1. The molecule has 0 radical (unpaired) electrons. The van der Waals surface area contributed by atoms with Crippen molar-refractivity contribution in [2.75, 3.05) is 13.7 Å². The molecule has 2 aromatic rings. The highest BCUT2D eigenvalue weighted by Gasteiger charge is 2.17. The minimum absolute atomic E-state index is 0.641. The van der Waals surface area contributed by atoms with Crippen molar-refractivity contribution in [2.24, 2.45) is 0 Å². The molecule has 3 rings (SSSR count). The third-order valence-electron chi connectivity index (χ3n) is 3.55. The molecule has 0 atom stereocenters. The fourth-order valence-corrected chi connectivity index (χ4v) is 2.68. The van der Waals surface area contributed by atoms with E-state index in [1.165, 1.54) is 5.56 Å². The van der Waals surface area contributed by atoms with Crippen molar-refractivity contribution in [2.45, 2.75) is 19.9 Å². The van der Waals surface area contributed by atoms with E-state index in [0.717, 1.165) is 36.5 Å². The second-order valence-electron chi connectivity index (χ2n) is 4.83. The maximum atomic E-state index is 6.00. The van der Waals surface area contributed by atoms with Gasteiger partial charge in [0.05, 0.1) is 18.4 Å². The van der Waals surface area contributed by atoms with Crippen LogP contribution >= 0.6 is 11.6 Å². The molecule has 0 bridgehead atoms. The van der Waals surface area contributed by atoms with Gasteiger partial charge in [0.1, 0.15) is 5.75 Å². The molecule has 1 aromatic carbocycles. The van der Waals surface area contributed by atoms with Crippen molar-refractivity contribution in [3.05, 3.63) is 40.2 Å². The van der Waals surface area contributed by atoms with Crippen molar-refractivity contribution < 1.29 is 4.74 Å². The predicted molar refractivity (Wildman–Crippen MR) is 79.2 cm³/mol. The summed E-state index contributed by atoms with van der Waals surface area (Å²) in [5, 5.41) is 3.98. The van der Waals surface area contributed by atoms with Crippen LogP contribution in [0.5, 0.6) is 5.75 Å². The van der Waals surface area contributed by atoms with E-state index in [-0.39, 0.29) is 0 Å². The van der Waals surface area contributed by atoms with Gasteiger partial charge in [-0.1, -0.05) is 11.6 Å². The molecule has 1 aliphatic heterocycles. The molecule has 1 aromatic heterocycles. The number of fused-ring (bicyclic) bond motifs is 1. The summed E-state index contributed by atoms with van der Waals surface area (Å²) >= 11 is 6.00. The van der Waals surface area contributed by atoms with E-state index in [4.69, 9.17) is 16.3 Å². The van der Waals surface area contributed by atoms with E-state index >= 15 is 0 Å². The zero-order valence-electron chi connectivity index (χ0n) is 11.5. The summed E-state index contributed by atoms with van der Waals surface area (Å²) in [6, 6.07) is 5.52. The summed E-state index contributed by atoms with van der Waals surface area (Å²) in [5.74, 6) is 1.39. The third kappa shape index (κ3) is 2.37. The quantitative estimate of drug-likeness (QED) is 0.923. The molecule has 1 aliphatic rings. The Kier molecular flexibility index (Phi) is 3.59. The van der Waals surface area contributed by atoms with Crippen molar-refractivity contribution in [1.29, 1.82) is 0 Å². The fourth-order valence-electron chi connectivity index (χ4n) is 2.52. The Morgan fingerprint density at radius 2 is 2.15 bits per heavy atom. The Morgan fingerprint density at radius 1 is 1.30 bits per heavy atom. The number of rotatable bonds is 2. The van der Waals surface area contributed by atoms with Gasteiger partial charge in [0.15, 0.2) is 5.82 Å². The molecule has 0 fully saturated rings. The molecule has 0 amide bonds. The molecule has 0 aliphatic carbocycles. The lowest BCUT2D eigenvalue weighted by molar-refractivity contribution is 0.416. The predicted octanol–water partition coefficient (Wildman–Crippen LogP) is 2.76. The summed E-state index contributed by atoms with van der Waals surface area (Å²) in [6.45, 7) is 3.82. The molecule has 0 saturated carbocycles. The maximum absolute atomic E-state index is 6.00. The first-order valence-corrected chi connectivity index (χ1v) is 6.98. The monoisotopic (exact) mass is 289 g/mol. The molecular weight excluding hydrogens is 274 g/mol. The van der Waals surface area contributed by atoms with Gasteiger partial charge in [0.25, 0.3) is 0 Å². The molecular formula is C15H16ClN3O. The molecule has 104 valence electrons. The molecule has 1 N–H and O–H groups in total. The highest BCUT2D eigenvalue weighted by Crippen LogP contribution is 2.31. The number of hydrogen-bond donors (Lipinski definition) is 1. The molecule has 2 heterocycles. The Morgan fingerprint density at radius 3 is 2.95 bits per heavy atom. The number of aryl methyl sites for hydroxylation is 1. The first-order chi connectivity index (χ1) is 9.69.